The van der Waals surface area contributed by atoms with Gasteiger partial charge in [-0.25, -0.2) is 0 Å². The Morgan fingerprint density at radius 1 is 1.00 bits per heavy atom. The van der Waals surface area contributed by atoms with Crippen LogP contribution < -0.4 is 14.8 Å². The standard InChI is InChI=1S/C19H23NO3/c1-3-22-16-10-11-17(18(14-16)23-4-2)19(21)20-13-12-15-8-6-5-7-9-15/h5-11,14H,3-4,12-13H2,1-2H3,(H,20,21). The van der Waals surface area contributed by atoms with E-state index in [0.717, 1.165) is 6.42 Å². The fraction of sp³-hybridized carbons (Fsp3) is 0.316. The van der Waals surface area contributed by atoms with Gasteiger partial charge in [-0.15, -0.1) is 0 Å². The van der Waals surface area contributed by atoms with Crippen LogP contribution in [0.2, 0.25) is 0 Å². The summed E-state index contributed by atoms with van der Waals surface area (Å²) in [6, 6.07) is 15.4. The minimum absolute atomic E-state index is 0.132. The number of amides is 1. The Kier molecular flexibility index (Phi) is 6.48. The summed E-state index contributed by atoms with van der Waals surface area (Å²) in [7, 11) is 0. The molecule has 0 aliphatic carbocycles. The number of rotatable bonds is 8. The van der Waals surface area contributed by atoms with Crippen molar-refractivity contribution in [3.63, 3.8) is 0 Å². The van der Waals surface area contributed by atoms with Gasteiger partial charge in [-0.3, -0.25) is 4.79 Å². The molecule has 0 fully saturated rings. The summed E-state index contributed by atoms with van der Waals surface area (Å²) in [6.45, 7) is 5.48. The summed E-state index contributed by atoms with van der Waals surface area (Å²) < 4.78 is 11.0. The Morgan fingerprint density at radius 2 is 1.74 bits per heavy atom. The van der Waals surface area contributed by atoms with Gasteiger partial charge in [0, 0.05) is 12.6 Å². The number of carbonyl (C=O) groups excluding carboxylic acids is 1. The molecule has 0 saturated carbocycles. The third-order valence-corrected chi connectivity index (χ3v) is 3.35. The molecule has 0 aliphatic rings. The summed E-state index contributed by atoms with van der Waals surface area (Å²) in [4.78, 5) is 12.4. The highest BCUT2D eigenvalue weighted by molar-refractivity contribution is 5.97. The Hall–Kier alpha value is -2.49. The maximum absolute atomic E-state index is 12.4. The fourth-order valence-electron chi connectivity index (χ4n) is 2.28. The van der Waals surface area contributed by atoms with E-state index in [9.17, 15) is 4.79 Å². The van der Waals surface area contributed by atoms with Crippen LogP contribution in [-0.4, -0.2) is 25.7 Å². The van der Waals surface area contributed by atoms with E-state index in [0.29, 0.717) is 36.8 Å². The molecule has 0 saturated heterocycles. The molecule has 0 heterocycles. The van der Waals surface area contributed by atoms with E-state index in [1.54, 1.807) is 18.2 Å². The Balaban J connectivity index is 2.00. The molecule has 0 spiro atoms. The molecule has 1 N–H and O–H groups in total. The zero-order valence-corrected chi connectivity index (χ0v) is 13.7. The molecule has 0 atom stereocenters. The van der Waals surface area contributed by atoms with Crippen LogP contribution in [-0.2, 0) is 6.42 Å². The van der Waals surface area contributed by atoms with Crippen molar-refractivity contribution in [3.05, 3.63) is 59.7 Å². The third kappa shape index (κ3) is 5.02. The largest absolute Gasteiger partial charge is 0.494 e. The molecular formula is C19H23NO3. The first-order chi connectivity index (χ1) is 11.2. The van der Waals surface area contributed by atoms with Crippen molar-refractivity contribution in [2.24, 2.45) is 0 Å². The molecule has 0 aliphatic heterocycles. The van der Waals surface area contributed by atoms with Crippen molar-refractivity contribution >= 4 is 5.91 Å². The second kappa shape index (κ2) is 8.83. The Labute approximate surface area is 137 Å². The SMILES string of the molecule is CCOc1ccc(C(=O)NCCc2ccccc2)c(OCC)c1. The number of nitrogens with one attached hydrogen (secondary N) is 1. The number of ether oxygens (including phenoxy) is 2. The lowest BCUT2D eigenvalue weighted by Crippen LogP contribution is -2.26. The van der Waals surface area contributed by atoms with Gasteiger partial charge < -0.3 is 14.8 Å². The molecule has 23 heavy (non-hydrogen) atoms. The molecule has 1 amide bonds. The van der Waals surface area contributed by atoms with E-state index in [4.69, 9.17) is 9.47 Å². The monoisotopic (exact) mass is 313 g/mol. The highest BCUT2D eigenvalue weighted by Gasteiger charge is 2.13. The predicted molar refractivity (Wildman–Crippen MR) is 91.3 cm³/mol. The first-order valence-electron chi connectivity index (χ1n) is 7.96. The van der Waals surface area contributed by atoms with Crippen LogP contribution in [0.25, 0.3) is 0 Å². The summed E-state index contributed by atoms with van der Waals surface area (Å²) in [5.41, 5.74) is 1.73. The molecule has 0 unspecified atom stereocenters. The van der Waals surface area contributed by atoms with E-state index in [1.165, 1.54) is 5.56 Å². The van der Waals surface area contributed by atoms with Gasteiger partial charge >= 0.3 is 0 Å². The summed E-state index contributed by atoms with van der Waals surface area (Å²) in [5, 5.41) is 2.94. The number of hydrogen-bond donors (Lipinski definition) is 1. The van der Waals surface area contributed by atoms with Crippen LogP contribution in [0.5, 0.6) is 11.5 Å². The van der Waals surface area contributed by atoms with Crippen molar-refractivity contribution in [2.75, 3.05) is 19.8 Å². The molecule has 2 rings (SSSR count). The summed E-state index contributed by atoms with van der Waals surface area (Å²) in [5.74, 6) is 1.12. The third-order valence-electron chi connectivity index (χ3n) is 3.35. The molecule has 4 heteroatoms. The second-order valence-corrected chi connectivity index (χ2v) is 5.02. The lowest BCUT2D eigenvalue weighted by Gasteiger charge is -2.12. The predicted octanol–water partition coefficient (Wildman–Crippen LogP) is 3.46. The van der Waals surface area contributed by atoms with Crippen molar-refractivity contribution < 1.29 is 14.3 Å². The smallest absolute Gasteiger partial charge is 0.255 e. The first kappa shape index (κ1) is 16.9. The zero-order valence-electron chi connectivity index (χ0n) is 13.7. The summed E-state index contributed by atoms with van der Waals surface area (Å²) in [6.07, 6.45) is 0.799. The zero-order chi connectivity index (χ0) is 16.5. The molecule has 0 bridgehead atoms. The van der Waals surface area contributed by atoms with Crippen LogP contribution in [0.4, 0.5) is 0 Å². The molecular weight excluding hydrogens is 290 g/mol. The van der Waals surface area contributed by atoms with Crippen molar-refractivity contribution in [2.45, 2.75) is 20.3 Å². The minimum Gasteiger partial charge on any atom is -0.494 e. The van der Waals surface area contributed by atoms with E-state index < -0.39 is 0 Å². The maximum Gasteiger partial charge on any atom is 0.255 e. The maximum atomic E-state index is 12.4. The molecule has 4 nitrogen and oxygen atoms in total. The van der Waals surface area contributed by atoms with Gasteiger partial charge in [0.1, 0.15) is 11.5 Å². The van der Waals surface area contributed by atoms with E-state index in [2.05, 4.69) is 17.4 Å². The average Bonchev–Trinajstić information content (AvgIpc) is 2.56. The van der Waals surface area contributed by atoms with Gasteiger partial charge in [0.2, 0.25) is 0 Å². The highest BCUT2D eigenvalue weighted by atomic mass is 16.5. The topological polar surface area (TPSA) is 47.6 Å². The van der Waals surface area contributed by atoms with Crippen LogP contribution in [0, 0.1) is 0 Å². The average molecular weight is 313 g/mol. The quantitative estimate of drug-likeness (QED) is 0.812. The molecule has 2 aromatic carbocycles. The lowest BCUT2D eigenvalue weighted by molar-refractivity contribution is 0.0950. The second-order valence-electron chi connectivity index (χ2n) is 5.02. The lowest BCUT2D eigenvalue weighted by atomic mass is 10.1. The van der Waals surface area contributed by atoms with Gasteiger partial charge in [-0.2, -0.15) is 0 Å². The van der Waals surface area contributed by atoms with Gasteiger partial charge in [-0.05, 0) is 38.0 Å². The minimum atomic E-state index is -0.132. The highest BCUT2D eigenvalue weighted by Crippen LogP contribution is 2.25. The van der Waals surface area contributed by atoms with E-state index in [-0.39, 0.29) is 5.91 Å². The van der Waals surface area contributed by atoms with Crippen LogP contribution >= 0.6 is 0 Å². The van der Waals surface area contributed by atoms with Crippen molar-refractivity contribution in [1.29, 1.82) is 0 Å². The van der Waals surface area contributed by atoms with E-state index in [1.807, 2.05) is 32.0 Å². The molecule has 2 aromatic rings. The van der Waals surface area contributed by atoms with Gasteiger partial charge in [0.15, 0.2) is 0 Å². The van der Waals surface area contributed by atoms with E-state index >= 15 is 0 Å². The summed E-state index contributed by atoms with van der Waals surface area (Å²) >= 11 is 0. The van der Waals surface area contributed by atoms with Crippen LogP contribution in [0.3, 0.4) is 0 Å². The van der Waals surface area contributed by atoms with Crippen molar-refractivity contribution in [3.8, 4) is 11.5 Å². The van der Waals surface area contributed by atoms with Crippen LogP contribution in [0.15, 0.2) is 48.5 Å². The van der Waals surface area contributed by atoms with Gasteiger partial charge in [-0.1, -0.05) is 30.3 Å². The van der Waals surface area contributed by atoms with Crippen LogP contribution in [0.1, 0.15) is 29.8 Å². The fourth-order valence-corrected chi connectivity index (χ4v) is 2.28. The molecule has 0 aromatic heterocycles. The Morgan fingerprint density at radius 3 is 2.43 bits per heavy atom. The number of hydrogen-bond acceptors (Lipinski definition) is 3. The molecule has 122 valence electrons. The van der Waals surface area contributed by atoms with Gasteiger partial charge in [0.05, 0.1) is 18.8 Å². The first-order valence-corrected chi connectivity index (χ1v) is 7.96. The number of carbonyl (C=O) groups is 1. The normalized spacial score (nSPS) is 10.2. The molecule has 0 radical (unpaired) electrons. The number of benzene rings is 2. The van der Waals surface area contributed by atoms with Crippen molar-refractivity contribution in [1.82, 2.24) is 5.32 Å². The van der Waals surface area contributed by atoms with Gasteiger partial charge in [0.25, 0.3) is 5.91 Å². The Bertz CT molecular complexity index is 626.